The average Bonchev–Trinajstić information content (AvgIpc) is 3.23. The van der Waals surface area contributed by atoms with Gasteiger partial charge in [-0.05, 0) is 35.2 Å². The molecule has 0 saturated carbocycles. The Morgan fingerprint density at radius 1 is 1.35 bits per heavy atom. The topological polar surface area (TPSA) is 60.5 Å². The van der Waals surface area contributed by atoms with Gasteiger partial charge in [0.15, 0.2) is 0 Å². The van der Waals surface area contributed by atoms with Crippen molar-refractivity contribution >= 4 is 17.2 Å². The van der Waals surface area contributed by atoms with Crippen molar-refractivity contribution in [2.45, 2.75) is 12.5 Å². The second-order valence-corrected chi connectivity index (χ2v) is 6.78. The first kappa shape index (κ1) is 16.6. The number of pyridine rings is 1. The van der Waals surface area contributed by atoms with Crippen LogP contribution in [0, 0.1) is 0 Å². The van der Waals surface area contributed by atoms with Crippen LogP contribution in [-0.4, -0.2) is 24.6 Å². The lowest BCUT2D eigenvalue weighted by Gasteiger charge is -2.27. The van der Waals surface area contributed by atoms with Gasteiger partial charge in [-0.1, -0.05) is 6.07 Å². The Morgan fingerprint density at radius 2 is 2.27 bits per heavy atom. The molecule has 6 heteroatoms. The molecular formula is C20H18N2O3S. The normalized spacial score (nSPS) is 15.7. The number of rotatable bonds is 4. The second-order valence-electron chi connectivity index (χ2n) is 6.00. The summed E-state index contributed by atoms with van der Waals surface area (Å²) in [6.45, 7) is 0.583. The molecule has 1 N–H and O–H groups in total. The van der Waals surface area contributed by atoms with Crippen LogP contribution in [0.3, 0.4) is 0 Å². The van der Waals surface area contributed by atoms with Crippen LogP contribution < -0.4 is 14.8 Å². The zero-order valence-corrected chi connectivity index (χ0v) is 15.1. The van der Waals surface area contributed by atoms with E-state index in [1.807, 2.05) is 35.0 Å². The first-order valence-electron chi connectivity index (χ1n) is 8.34. The minimum Gasteiger partial charge on any atom is -0.494 e. The summed E-state index contributed by atoms with van der Waals surface area (Å²) in [4.78, 5) is 16.6. The number of carbonyl (C=O) groups excluding carboxylic acids is 1. The third-order valence-electron chi connectivity index (χ3n) is 4.45. The van der Waals surface area contributed by atoms with Gasteiger partial charge in [0.05, 0.1) is 31.5 Å². The molecule has 0 radical (unpaired) electrons. The van der Waals surface area contributed by atoms with E-state index in [4.69, 9.17) is 9.47 Å². The van der Waals surface area contributed by atoms with Crippen LogP contribution in [0.2, 0.25) is 0 Å². The monoisotopic (exact) mass is 366 g/mol. The molecule has 1 aliphatic heterocycles. The Bertz CT molecular complexity index is 925. The lowest BCUT2D eigenvalue weighted by atomic mass is 9.95. The van der Waals surface area contributed by atoms with Gasteiger partial charge in [-0.2, -0.15) is 11.3 Å². The maximum absolute atomic E-state index is 12.5. The summed E-state index contributed by atoms with van der Waals surface area (Å²) >= 11 is 1.51. The van der Waals surface area contributed by atoms with Crippen LogP contribution in [0.25, 0.3) is 11.1 Å². The molecule has 1 aromatic carbocycles. The zero-order chi connectivity index (χ0) is 17.9. The zero-order valence-electron chi connectivity index (χ0n) is 14.3. The van der Waals surface area contributed by atoms with Gasteiger partial charge in [-0.15, -0.1) is 0 Å². The highest BCUT2D eigenvalue weighted by Crippen LogP contribution is 2.37. The van der Waals surface area contributed by atoms with E-state index in [0.717, 1.165) is 28.9 Å². The SMILES string of the molecule is COc1cnccc1-c1ccc2c(c1)C(NC(=O)c1ccsc1)CCO2. The summed E-state index contributed by atoms with van der Waals surface area (Å²) in [5.41, 5.74) is 3.63. The third-order valence-corrected chi connectivity index (χ3v) is 5.14. The van der Waals surface area contributed by atoms with Crippen molar-refractivity contribution in [3.05, 3.63) is 64.6 Å². The van der Waals surface area contributed by atoms with Crippen LogP contribution >= 0.6 is 11.3 Å². The first-order valence-corrected chi connectivity index (χ1v) is 9.28. The number of nitrogens with zero attached hydrogens (tertiary/aromatic N) is 1. The van der Waals surface area contributed by atoms with Gasteiger partial charge in [0, 0.05) is 29.1 Å². The summed E-state index contributed by atoms with van der Waals surface area (Å²) < 4.78 is 11.2. The number of aromatic nitrogens is 1. The van der Waals surface area contributed by atoms with E-state index < -0.39 is 0 Å². The molecule has 3 heterocycles. The van der Waals surface area contributed by atoms with Crippen LogP contribution in [0.5, 0.6) is 11.5 Å². The van der Waals surface area contributed by atoms with Gasteiger partial charge in [0.25, 0.3) is 5.91 Å². The molecule has 0 saturated heterocycles. The number of carbonyl (C=O) groups is 1. The molecule has 1 atom stereocenters. The molecule has 0 aliphatic carbocycles. The summed E-state index contributed by atoms with van der Waals surface area (Å²) in [5, 5.41) is 6.89. The van der Waals surface area contributed by atoms with Gasteiger partial charge < -0.3 is 14.8 Å². The number of hydrogen-bond donors (Lipinski definition) is 1. The molecule has 0 bridgehead atoms. The number of amides is 1. The predicted molar refractivity (Wildman–Crippen MR) is 101 cm³/mol. The van der Waals surface area contributed by atoms with Gasteiger partial charge in [-0.3, -0.25) is 9.78 Å². The van der Waals surface area contributed by atoms with Crippen LogP contribution in [0.15, 0.2) is 53.5 Å². The third kappa shape index (κ3) is 3.15. The van der Waals surface area contributed by atoms with Crippen molar-refractivity contribution in [3.63, 3.8) is 0 Å². The van der Waals surface area contributed by atoms with Crippen molar-refractivity contribution in [1.29, 1.82) is 0 Å². The van der Waals surface area contributed by atoms with Crippen molar-refractivity contribution in [2.24, 2.45) is 0 Å². The molecule has 2 aromatic heterocycles. The summed E-state index contributed by atoms with van der Waals surface area (Å²) in [5.74, 6) is 1.46. The van der Waals surface area contributed by atoms with E-state index in [9.17, 15) is 4.79 Å². The van der Waals surface area contributed by atoms with Crippen molar-refractivity contribution < 1.29 is 14.3 Å². The standard InChI is InChI=1S/C20H18N2O3S/c1-24-19-11-21-7-4-15(19)13-2-3-18-16(10-13)17(5-8-25-18)22-20(23)14-6-9-26-12-14/h2-4,6-7,9-12,17H,5,8H2,1H3,(H,22,23). The smallest absolute Gasteiger partial charge is 0.252 e. The predicted octanol–water partition coefficient (Wildman–Crippen LogP) is 4.07. The number of hydrogen-bond acceptors (Lipinski definition) is 5. The van der Waals surface area contributed by atoms with Crippen molar-refractivity contribution in [2.75, 3.05) is 13.7 Å². The first-order chi connectivity index (χ1) is 12.8. The maximum Gasteiger partial charge on any atom is 0.252 e. The quantitative estimate of drug-likeness (QED) is 0.756. The molecule has 5 nitrogen and oxygen atoms in total. The number of benzene rings is 1. The summed E-state index contributed by atoms with van der Waals surface area (Å²) in [6.07, 6.45) is 4.17. The molecule has 26 heavy (non-hydrogen) atoms. The molecular weight excluding hydrogens is 348 g/mol. The highest BCUT2D eigenvalue weighted by Gasteiger charge is 2.24. The number of ether oxygens (including phenoxy) is 2. The Labute approximate surface area is 155 Å². The fraction of sp³-hybridized carbons (Fsp3) is 0.200. The number of thiophene rings is 1. The van der Waals surface area contributed by atoms with E-state index in [-0.39, 0.29) is 11.9 Å². The van der Waals surface area contributed by atoms with Gasteiger partial charge in [0.2, 0.25) is 0 Å². The van der Waals surface area contributed by atoms with Gasteiger partial charge >= 0.3 is 0 Å². The minimum absolute atomic E-state index is 0.0593. The molecule has 1 aliphatic rings. The molecule has 1 unspecified atom stereocenters. The van der Waals surface area contributed by atoms with E-state index in [1.165, 1.54) is 11.3 Å². The number of methoxy groups -OCH3 is 1. The molecule has 3 aromatic rings. The van der Waals surface area contributed by atoms with Gasteiger partial charge in [0.1, 0.15) is 11.5 Å². The second kappa shape index (κ2) is 7.17. The molecule has 1 amide bonds. The van der Waals surface area contributed by atoms with E-state index in [2.05, 4.69) is 16.4 Å². The van der Waals surface area contributed by atoms with Crippen LogP contribution in [0.4, 0.5) is 0 Å². The van der Waals surface area contributed by atoms with Crippen LogP contribution in [-0.2, 0) is 0 Å². The molecule has 4 rings (SSSR count). The van der Waals surface area contributed by atoms with E-state index >= 15 is 0 Å². The van der Waals surface area contributed by atoms with Crippen molar-refractivity contribution in [1.82, 2.24) is 10.3 Å². The Hall–Kier alpha value is -2.86. The number of nitrogens with one attached hydrogen (secondary N) is 1. The fourth-order valence-corrected chi connectivity index (χ4v) is 3.76. The maximum atomic E-state index is 12.5. The van der Waals surface area contributed by atoms with Gasteiger partial charge in [-0.25, -0.2) is 0 Å². The van der Waals surface area contributed by atoms with E-state index in [1.54, 1.807) is 19.5 Å². The molecule has 132 valence electrons. The highest BCUT2D eigenvalue weighted by atomic mass is 32.1. The molecule has 0 spiro atoms. The summed E-state index contributed by atoms with van der Waals surface area (Å²) in [6, 6.07) is 9.68. The Kier molecular flexibility index (Phi) is 4.58. The Balaban J connectivity index is 1.67. The van der Waals surface area contributed by atoms with Crippen molar-refractivity contribution in [3.8, 4) is 22.6 Å². The lowest BCUT2D eigenvalue weighted by Crippen LogP contribution is -2.32. The average molecular weight is 366 g/mol. The lowest BCUT2D eigenvalue weighted by molar-refractivity contribution is 0.0925. The molecule has 0 fully saturated rings. The number of fused-ring (bicyclic) bond motifs is 1. The van der Waals surface area contributed by atoms with E-state index in [0.29, 0.717) is 17.9 Å². The minimum atomic E-state index is -0.0843. The fourth-order valence-electron chi connectivity index (χ4n) is 3.13. The Morgan fingerprint density at radius 3 is 3.08 bits per heavy atom. The largest absolute Gasteiger partial charge is 0.494 e. The highest BCUT2D eigenvalue weighted by molar-refractivity contribution is 7.08. The summed E-state index contributed by atoms with van der Waals surface area (Å²) in [7, 11) is 1.63. The van der Waals surface area contributed by atoms with Crippen LogP contribution in [0.1, 0.15) is 28.4 Å².